The van der Waals surface area contributed by atoms with Crippen molar-refractivity contribution in [3.8, 4) is 17.3 Å². The van der Waals surface area contributed by atoms with Crippen molar-refractivity contribution in [3.05, 3.63) is 76.1 Å². The van der Waals surface area contributed by atoms with Crippen LogP contribution in [0.1, 0.15) is 20.9 Å². The van der Waals surface area contributed by atoms with E-state index in [4.69, 9.17) is 5.26 Å². The molecule has 1 heterocycles. The summed E-state index contributed by atoms with van der Waals surface area (Å²) in [6, 6.07) is 18.6. The zero-order valence-electron chi connectivity index (χ0n) is 12.9. The van der Waals surface area contributed by atoms with Crippen molar-refractivity contribution in [1.29, 1.82) is 5.26 Å². The molecule has 5 heteroatoms. The number of nitriles is 1. The number of nitrogens with one attached hydrogen (secondary N) is 1. The van der Waals surface area contributed by atoms with Gasteiger partial charge >= 0.3 is 0 Å². The minimum Gasteiger partial charge on any atom is -0.352 e. The number of thiazole rings is 1. The minimum atomic E-state index is -0.0699. The molecular formula is C19H15N3OS. The monoisotopic (exact) mass is 333 g/mol. The Balaban J connectivity index is 1.56. The Morgan fingerprint density at radius 1 is 1.12 bits per heavy atom. The first kappa shape index (κ1) is 15.9. The van der Waals surface area contributed by atoms with Crippen LogP contribution in [-0.4, -0.2) is 17.4 Å². The highest BCUT2D eigenvalue weighted by Gasteiger charge is 2.07. The van der Waals surface area contributed by atoms with Gasteiger partial charge in [0.15, 0.2) is 0 Å². The van der Waals surface area contributed by atoms with E-state index in [2.05, 4.69) is 16.4 Å². The summed E-state index contributed by atoms with van der Waals surface area (Å²) in [5.74, 6) is -0.0699. The zero-order chi connectivity index (χ0) is 16.8. The van der Waals surface area contributed by atoms with Crippen LogP contribution >= 0.6 is 11.3 Å². The van der Waals surface area contributed by atoms with Crippen LogP contribution in [0.3, 0.4) is 0 Å². The van der Waals surface area contributed by atoms with Crippen LogP contribution in [0.15, 0.2) is 60.0 Å². The highest BCUT2D eigenvalue weighted by molar-refractivity contribution is 7.09. The van der Waals surface area contributed by atoms with E-state index < -0.39 is 0 Å². The number of hydrogen-bond donors (Lipinski definition) is 1. The maximum Gasteiger partial charge on any atom is 0.251 e. The largest absolute Gasteiger partial charge is 0.352 e. The highest BCUT2D eigenvalue weighted by Crippen LogP contribution is 2.22. The van der Waals surface area contributed by atoms with Crippen molar-refractivity contribution in [1.82, 2.24) is 10.3 Å². The Kier molecular flexibility index (Phi) is 4.99. The van der Waals surface area contributed by atoms with Gasteiger partial charge in [0.2, 0.25) is 0 Å². The van der Waals surface area contributed by atoms with E-state index in [1.807, 2.05) is 35.7 Å². The normalized spacial score (nSPS) is 10.1. The molecule has 0 saturated carbocycles. The van der Waals surface area contributed by atoms with Crippen molar-refractivity contribution < 1.29 is 4.79 Å². The summed E-state index contributed by atoms with van der Waals surface area (Å²) in [6.45, 7) is 0.550. The summed E-state index contributed by atoms with van der Waals surface area (Å²) in [4.78, 5) is 16.6. The van der Waals surface area contributed by atoms with Gasteiger partial charge in [-0.15, -0.1) is 11.3 Å². The van der Waals surface area contributed by atoms with Crippen LogP contribution in [-0.2, 0) is 6.42 Å². The smallest absolute Gasteiger partial charge is 0.251 e. The molecule has 0 aliphatic carbocycles. The Bertz CT molecular complexity index is 864. The lowest BCUT2D eigenvalue weighted by atomic mass is 10.1. The lowest BCUT2D eigenvalue weighted by Gasteiger charge is -2.03. The molecule has 1 N–H and O–H groups in total. The fourth-order valence-electron chi connectivity index (χ4n) is 2.25. The maximum atomic E-state index is 12.0. The minimum absolute atomic E-state index is 0.0699. The second-order valence-corrected chi connectivity index (χ2v) is 6.13. The second-order valence-electron chi connectivity index (χ2n) is 5.19. The third-order valence-corrected chi connectivity index (χ3v) is 4.43. The first-order chi connectivity index (χ1) is 11.8. The third-order valence-electron chi connectivity index (χ3n) is 3.52. The summed E-state index contributed by atoms with van der Waals surface area (Å²) < 4.78 is 0. The fraction of sp³-hybridized carbons (Fsp3) is 0.105. The molecule has 0 bridgehead atoms. The summed E-state index contributed by atoms with van der Waals surface area (Å²) in [5, 5.41) is 14.7. The number of carbonyl (C=O) groups excluding carboxylic acids is 1. The van der Waals surface area contributed by atoms with Gasteiger partial charge in [0.25, 0.3) is 5.91 Å². The second kappa shape index (κ2) is 7.53. The number of nitrogens with zero attached hydrogens (tertiary/aromatic N) is 2. The van der Waals surface area contributed by atoms with Crippen LogP contribution < -0.4 is 5.32 Å². The van der Waals surface area contributed by atoms with Gasteiger partial charge in [0.1, 0.15) is 0 Å². The average molecular weight is 333 g/mol. The molecule has 1 amide bonds. The van der Waals surface area contributed by atoms with Gasteiger partial charge in [0.05, 0.1) is 22.3 Å². The number of rotatable bonds is 5. The molecule has 3 aromatic rings. The van der Waals surface area contributed by atoms with Gasteiger partial charge in [-0.05, 0) is 24.3 Å². The van der Waals surface area contributed by atoms with E-state index in [0.717, 1.165) is 16.3 Å². The van der Waals surface area contributed by atoms with Gasteiger partial charge in [-0.1, -0.05) is 30.3 Å². The standard InChI is InChI=1S/C19H15N3OS/c20-12-14-6-8-15(9-7-14)17-13-24-18(22-17)10-11-21-19(23)16-4-2-1-3-5-16/h1-9,13H,10-11H2,(H,21,23). The van der Waals surface area contributed by atoms with Gasteiger partial charge in [-0.3, -0.25) is 4.79 Å². The molecule has 0 spiro atoms. The summed E-state index contributed by atoms with van der Waals surface area (Å²) >= 11 is 1.57. The fourth-order valence-corrected chi connectivity index (χ4v) is 3.06. The van der Waals surface area contributed by atoms with Crippen molar-refractivity contribution in [2.24, 2.45) is 0 Å². The third kappa shape index (κ3) is 3.86. The lowest BCUT2D eigenvalue weighted by molar-refractivity contribution is 0.0954. The molecule has 0 saturated heterocycles. The van der Waals surface area contributed by atoms with E-state index >= 15 is 0 Å². The Morgan fingerprint density at radius 2 is 1.88 bits per heavy atom. The predicted octanol–water partition coefficient (Wildman–Crippen LogP) is 3.65. The van der Waals surface area contributed by atoms with Gasteiger partial charge < -0.3 is 5.32 Å². The summed E-state index contributed by atoms with van der Waals surface area (Å²) in [7, 11) is 0. The van der Waals surface area contributed by atoms with Crippen molar-refractivity contribution >= 4 is 17.2 Å². The zero-order valence-corrected chi connectivity index (χ0v) is 13.7. The first-order valence-electron chi connectivity index (χ1n) is 7.54. The molecule has 24 heavy (non-hydrogen) atoms. The molecule has 1 aromatic heterocycles. The van der Waals surface area contributed by atoms with Gasteiger partial charge in [-0.25, -0.2) is 4.98 Å². The molecule has 0 atom stereocenters. The molecular weight excluding hydrogens is 318 g/mol. The van der Waals surface area contributed by atoms with E-state index in [1.54, 1.807) is 35.6 Å². The van der Waals surface area contributed by atoms with E-state index in [1.165, 1.54) is 0 Å². The van der Waals surface area contributed by atoms with Crippen LogP contribution in [0.25, 0.3) is 11.3 Å². The Hall–Kier alpha value is -2.97. The van der Waals surface area contributed by atoms with Gasteiger partial charge in [0, 0.05) is 29.5 Å². The number of aromatic nitrogens is 1. The van der Waals surface area contributed by atoms with Crippen molar-refractivity contribution in [3.63, 3.8) is 0 Å². The number of hydrogen-bond acceptors (Lipinski definition) is 4. The lowest BCUT2D eigenvalue weighted by Crippen LogP contribution is -2.25. The van der Waals surface area contributed by atoms with Crippen molar-refractivity contribution in [2.75, 3.05) is 6.54 Å². The molecule has 4 nitrogen and oxygen atoms in total. The topological polar surface area (TPSA) is 65.8 Å². The number of amides is 1. The predicted molar refractivity (Wildman–Crippen MR) is 94.7 cm³/mol. The molecule has 0 unspecified atom stereocenters. The first-order valence-corrected chi connectivity index (χ1v) is 8.42. The molecule has 0 aliphatic rings. The molecule has 0 fully saturated rings. The van der Waals surface area contributed by atoms with Crippen molar-refractivity contribution in [2.45, 2.75) is 6.42 Å². The molecule has 118 valence electrons. The van der Waals surface area contributed by atoms with Crippen LogP contribution in [0.2, 0.25) is 0 Å². The number of carbonyl (C=O) groups is 1. The SMILES string of the molecule is N#Cc1ccc(-c2csc(CCNC(=O)c3ccccc3)n2)cc1. The molecule has 3 rings (SSSR count). The van der Waals surface area contributed by atoms with E-state index in [0.29, 0.717) is 24.1 Å². The van der Waals surface area contributed by atoms with Crippen LogP contribution in [0.4, 0.5) is 0 Å². The average Bonchev–Trinajstić information content (AvgIpc) is 3.11. The quantitative estimate of drug-likeness (QED) is 0.775. The van der Waals surface area contributed by atoms with E-state index in [-0.39, 0.29) is 5.91 Å². The number of benzene rings is 2. The van der Waals surface area contributed by atoms with Crippen LogP contribution in [0, 0.1) is 11.3 Å². The van der Waals surface area contributed by atoms with Crippen LogP contribution in [0.5, 0.6) is 0 Å². The summed E-state index contributed by atoms with van der Waals surface area (Å²) in [5.41, 5.74) is 3.19. The molecule has 2 aromatic carbocycles. The Morgan fingerprint density at radius 3 is 2.58 bits per heavy atom. The highest BCUT2D eigenvalue weighted by atomic mass is 32.1. The Labute approximate surface area is 144 Å². The maximum absolute atomic E-state index is 12.0. The van der Waals surface area contributed by atoms with Gasteiger partial charge in [-0.2, -0.15) is 5.26 Å². The molecule has 0 radical (unpaired) electrons. The summed E-state index contributed by atoms with van der Waals surface area (Å²) in [6.07, 6.45) is 0.694. The molecule has 0 aliphatic heterocycles. The van der Waals surface area contributed by atoms with E-state index in [9.17, 15) is 4.79 Å².